The van der Waals surface area contributed by atoms with E-state index in [1.807, 2.05) is 38.3 Å². The second-order valence-corrected chi connectivity index (χ2v) is 3.05. The third-order valence-electron chi connectivity index (χ3n) is 1.96. The number of pyridine rings is 1. The van der Waals surface area contributed by atoms with E-state index in [0.29, 0.717) is 0 Å². The fourth-order valence-electron chi connectivity index (χ4n) is 1.06. The van der Waals surface area contributed by atoms with Gasteiger partial charge in [0.25, 0.3) is 0 Å². The number of hydrogen-bond acceptors (Lipinski definition) is 2. The average Bonchev–Trinajstić information content (AvgIpc) is 2.17. The second-order valence-electron chi connectivity index (χ2n) is 3.05. The molecule has 0 aromatic carbocycles. The van der Waals surface area contributed by atoms with E-state index in [9.17, 15) is 0 Å². The topological polar surface area (TPSA) is 33.1 Å². The van der Waals surface area contributed by atoms with Crippen molar-refractivity contribution in [3.63, 3.8) is 0 Å². The molecule has 1 heterocycles. The SMILES string of the molecule is CC/C(=C/c1ccc(C)nc1)CO. The van der Waals surface area contributed by atoms with Crippen LogP contribution in [-0.2, 0) is 0 Å². The summed E-state index contributed by atoms with van der Waals surface area (Å²) < 4.78 is 0. The molecule has 1 rings (SSSR count). The van der Waals surface area contributed by atoms with Gasteiger partial charge in [-0.15, -0.1) is 0 Å². The normalized spacial score (nSPS) is 11.8. The first-order valence-electron chi connectivity index (χ1n) is 4.49. The highest BCUT2D eigenvalue weighted by Crippen LogP contribution is 2.08. The lowest BCUT2D eigenvalue weighted by atomic mass is 10.1. The second kappa shape index (κ2) is 4.77. The molecule has 0 bridgehead atoms. The van der Waals surface area contributed by atoms with Crippen LogP contribution in [0.2, 0.25) is 0 Å². The number of hydrogen-bond donors (Lipinski definition) is 1. The number of aryl methyl sites for hydroxylation is 1. The molecule has 0 amide bonds. The first kappa shape index (κ1) is 9.93. The molecule has 0 saturated heterocycles. The minimum atomic E-state index is 0.129. The van der Waals surface area contributed by atoms with Crippen LogP contribution in [0.25, 0.3) is 6.08 Å². The van der Waals surface area contributed by atoms with Crippen LogP contribution < -0.4 is 0 Å². The van der Waals surface area contributed by atoms with E-state index in [2.05, 4.69) is 4.98 Å². The van der Waals surface area contributed by atoms with E-state index in [-0.39, 0.29) is 6.61 Å². The van der Waals surface area contributed by atoms with Crippen molar-refractivity contribution in [2.75, 3.05) is 6.61 Å². The Kier molecular flexibility index (Phi) is 3.65. The van der Waals surface area contributed by atoms with Crippen molar-refractivity contribution < 1.29 is 5.11 Å². The van der Waals surface area contributed by atoms with Crippen molar-refractivity contribution in [1.82, 2.24) is 4.98 Å². The summed E-state index contributed by atoms with van der Waals surface area (Å²) in [6.07, 6.45) is 4.68. The highest BCUT2D eigenvalue weighted by molar-refractivity contribution is 5.51. The van der Waals surface area contributed by atoms with Crippen LogP contribution in [0, 0.1) is 6.92 Å². The predicted octanol–water partition coefficient (Wildman–Crippen LogP) is 2.18. The first-order chi connectivity index (χ1) is 6.26. The molecule has 0 aliphatic rings. The van der Waals surface area contributed by atoms with Crippen molar-refractivity contribution >= 4 is 6.08 Å². The lowest BCUT2D eigenvalue weighted by Crippen LogP contribution is -1.88. The molecule has 0 unspecified atom stereocenters. The largest absolute Gasteiger partial charge is 0.392 e. The Morgan fingerprint density at radius 2 is 2.31 bits per heavy atom. The Labute approximate surface area is 78.9 Å². The molecule has 1 aromatic heterocycles. The maximum Gasteiger partial charge on any atom is 0.0644 e. The van der Waals surface area contributed by atoms with Gasteiger partial charge in [-0.2, -0.15) is 0 Å². The van der Waals surface area contributed by atoms with Crippen LogP contribution in [0.4, 0.5) is 0 Å². The molecular weight excluding hydrogens is 162 g/mol. The van der Waals surface area contributed by atoms with Crippen molar-refractivity contribution in [3.05, 3.63) is 35.2 Å². The Hall–Kier alpha value is -1.15. The van der Waals surface area contributed by atoms with E-state index >= 15 is 0 Å². The Morgan fingerprint density at radius 3 is 2.77 bits per heavy atom. The summed E-state index contributed by atoms with van der Waals surface area (Å²) in [5, 5.41) is 8.95. The quantitative estimate of drug-likeness (QED) is 0.767. The molecule has 0 radical (unpaired) electrons. The van der Waals surface area contributed by atoms with E-state index in [1.165, 1.54) is 0 Å². The third-order valence-corrected chi connectivity index (χ3v) is 1.96. The summed E-state index contributed by atoms with van der Waals surface area (Å²) in [6, 6.07) is 3.98. The van der Waals surface area contributed by atoms with Gasteiger partial charge in [0.1, 0.15) is 0 Å². The van der Waals surface area contributed by atoms with Crippen LogP contribution in [0.5, 0.6) is 0 Å². The van der Waals surface area contributed by atoms with Gasteiger partial charge < -0.3 is 5.11 Å². The van der Waals surface area contributed by atoms with Gasteiger partial charge in [0, 0.05) is 11.9 Å². The summed E-state index contributed by atoms with van der Waals surface area (Å²) in [6.45, 7) is 4.12. The molecule has 70 valence electrons. The zero-order valence-corrected chi connectivity index (χ0v) is 8.12. The van der Waals surface area contributed by atoms with E-state index in [1.54, 1.807) is 0 Å². The van der Waals surface area contributed by atoms with Crippen LogP contribution in [-0.4, -0.2) is 16.7 Å². The van der Waals surface area contributed by atoms with Gasteiger partial charge in [-0.3, -0.25) is 4.98 Å². The minimum Gasteiger partial charge on any atom is -0.392 e. The van der Waals surface area contributed by atoms with E-state index in [4.69, 9.17) is 5.11 Å². The number of nitrogens with zero attached hydrogens (tertiary/aromatic N) is 1. The van der Waals surface area contributed by atoms with Crippen molar-refractivity contribution in [2.45, 2.75) is 20.3 Å². The summed E-state index contributed by atoms with van der Waals surface area (Å²) in [5.74, 6) is 0. The molecule has 13 heavy (non-hydrogen) atoms. The van der Waals surface area contributed by atoms with Crippen LogP contribution in [0.15, 0.2) is 23.9 Å². The molecule has 0 aliphatic carbocycles. The van der Waals surface area contributed by atoms with Gasteiger partial charge in [-0.25, -0.2) is 0 Å². The van der Waals surface area contributed by atoms with Crippen LogP contribution in [0.3, 0.4) is 0 Å². The molecule has 2 heteroatoms. The van der Waals surface area contributed by atoms with E-state index < -0.39 is 0 Å². The summed E-state index contributed by atoms with van der Waals surface area (Å²) in [5.41, 5.74) is 3.10. The van der Waals surface area contributed by atoms with Crippen LogP contribution in [0.1, 0.15) is 24.6 Å². The van der Waals surface area contributed by atoms with Gasteiger partial charge in [-0.1, -0.05) is 19.1 Å². The average molecular weight is 177 g/mol. The number of aromatic nitrogens is 1. The smallest absolute Gasteiger partial charge is 0.0644 e. The monoisotopic (exact) mass is 177 g/mol. The third kappa shape index (κ3) is 2.99. The van der Waals surface area contributed by atoms with Crippen molar-refractivity contribution in [1.29, 1.82) is 0 Å². The van der Waals surface area contributed by atoms with Crippen LogP contribution >= 0.6 is 0 Å². The van der Waals surface area contributed by atoms with Gasteiger partial charge in [0.05, 0.1) is 6.61 Å². The lowest BCUT2D eigenvalue weighted by molar-refractivity contribution is 0.329. The summed E-state index contributed by atoms with van der Waals surface area (Å²) >= 11 is 0. The highest BCUT2D eigenvalue weighted by atomic mass is 16.3. The Bertz CT molecular complexity index is 281. The molecular formula is C11H15NO. The zero-order valence-electron chi connectivity index (χ0n) is 8.12. The lowest BCUT2D eigenvalue weighted by Gasteiger charge is -1.99. The molecule has 0 aliphatic heterocycles. The molecule has 2 nitrogen and oxygen atoms in total. The van der Waals surface area contributed by atoms with Gasteiger partial charge in [-0.05, 0) is 30.5 Å². The molecule has 0 atom stereocenters. The minimum absolute atomic E-state index is 0.129. The standard InChI is InChI=1S/C11H15NO/c1-3-10(8-13)6-11-5-4-9(2)12-7-11/h4-7,13H,3,8H2,1-2H3/b10-6-. The first-order valence-corrected chi connectivity index (χ1v) is 4.49. The zero-order chi connectivity index (χ0) is 9.68. The predicted molar refractivity (Wildman–Crippen MR) is 54.3 cm³/mol. The number of aliphatic hydroxyl groups excluding tert-OH is 1. The fourth-order valence-corrected chi connectivity index (χ4v) is 1.06. The Morgan fingerprint density at radius 1 is 1.54 bits per heavy atom. The molecule has 0 fully saturated rings. The number of rotatable bonds is 3. The highest BCUT2D eigenvalue weighted by Gasteiger charge is 1.93. The summed E-state index contributed by atoms with van der Waals surface area (Å²) in [7, 11) is 0. The summed E-state index contributed by atoms with van der Waals surface area (Å²) in [4.78, 5) is 4.17. The maximum absolute atomic E-state index is 8.95. The van der Waals surface area contributed by atoms with Crippen molar-refractivity contribution in [3.8, 4) is 0 Å². The molecule has 0 saturated carbocycles. The van der Waals surface area contributed by atoms with E-state index in [0.717, 1.165) is 23.3 Å². The molecule has 1 N–H and O–H groups in total. The Balaban J connectivity index is 2.84. The fraction of sp³-hybridized carbons (Fsp3) is 0.364. The molecule has 0 spiro atoms. The molecule has 1 aromatic rings. The van der Waals surface area contributed by atoms with Crippen molar-refractivity contribution in [2.24, 2.45) is 0 Å². The van der Waals surface area contributed by atoms with Gasteiger partial charge in [0.2, 0.25) is 0 Å². The maximum atomic E-state index is 8.95. The van der Waals surface area contributed by atoms with Gasteiger partial charge >= 0.3 is 0 Å². The van der Waals surface area contributed by atoms with Gasteiger partial charge in [0.15, 0.2) is 0 Å². The number of aliphatic hydroxyl groups is 1.